The minimum atomic E-state index is -0.0844. The number of hydrogen-bond donors (Lipinski definition) is 0. The molecule has 0 fully saturated rings. The molecule has 0 unspecified atom stereocenters. The summed E-state index contributed by atoms with van der Waals surface area (Å²) in [5.41, 5.74) is 1.19. The van der Waals surface area contributed by atoms with Gasteiger partial charge in [0.2, 0.25) is 0 Å². The molecule has 0 N–H and O–H groups in total. The van der Waals surface area contributed by atoms with E-state index in [-0.39, 0.29) is 18.0 Å². The van der Waals surface area contributed by atoms with E-state index in [2.05, 4.69) is 26.0 Å². The average molecular weight is 234 g/mol. The maximum absolute atomic E-state index is 12.0. The Morgan fingerprint density at radius 3 is 2.18 bits per heavy atom. The monoisotopic (exact) mass is 234 g/mol. The van der Waals surface area contributed by atoms with Crippen LogP contribution in [-0.2, 0) is 16.0 Å². The summed E-state index contributed by atoms with van der Waals surface area (Å²) in [4.78, 5) is 12.0. The Balaban J connectivity index is 2.70. The fourth-order valence-corrected chi connectivity index (χ4v) is 1.78. The van der Waals surface area contributed by atoms with E-state index in [9.17, 15) is 4.79 Å². The third kappa shape index (κ3) is 4.59. The van der Waals surface area contributed by atoms with Gasteiger partial charge >= 0.3 is 5.97 Å². The topological polar surface area (TPSA) is 26.3 Å². The Labute approximate surface area is 104 Å². The van der Waals surface area contributed by atoms with E-state index in [1.165, 1.54) is 5.56 Å². The molecule has 2 nitrogen and oxygen atoms in total. The average Bonchev–Trinajstić information content (AvgIpc) is 2.25. The predicted octanol–water partition coefficient (Wildman–Crippen LogP) is 3.45. The largest absolute Gasteiger partial charge is 0.463 e. The predicted molar refractivity (Wildman–Crippen MR) is 69.7 cm³/mol. The molecule has 0 amide bonds. The SMILES string of the molecule is CC(C)OC(=O)[C@@H](Cc1ccccc1)C(C)C. The van der Waals surface area contributed by atoms with Crippen molar-refractivity contribution in [1.29, 1.82) is 0 Å². The maximum Gasteiger partial charge on any atom is 0.309 e. The lowest BCUT2D eigenvalue weighted by Gasteiger charge is -2.20. The molecule has 0 aliphatic carbocycles. The Bertz CT molecular complexity index is 341. The first-order valence-electron chi connectivity index (χ1n) is 6.25. The van der Waals surface area contributed by atoms with Gasteiger partial charge in [0.05, 0.1) is 12.0 Å². The van der Waals surface area contributed by atoms with Crippen molar-refractivity contribution < 1.29 is 9.53 Å². The molecule has 0 saturated carbocycles. The summed E-state index contributed by atoms with van der Waals surface area (Å²) >= 11 is 0. The molecule has 0 heterocycles. The van der Waals surface area contributed by atoms with Crippen LogP contribution in [0.25, 0.3) is 0 Å². The number of ether oxygens (including phenoxy) is 1. The summed E-state index contributed by atoms with van der Waals surface area (Å²) < 4.78 is 5.31. The van der Waals surface area contributed by atoms with Crippen molar-refractivity contribution in [3.63, 3.8) is 0 Å². The molecule has 1 rings (SSSR count). The standard InChI is InChI=1S/C15H22O2/c1-11(2)14(15(16)17-12(3)4)10-13-8-6-5-7-9-13/h5-9,11-12,14H,10H2,1-4H3/t14-/m0/s1. The zero-order chi connectivity index (χ0) is 12.8. The highest BCUT2D eigenvalue weighted by molar-refractivity contribution is 5.73. The van der Waals surface area contributed by atoms with E-state index in [0.717, 1.165) is 6.42 Å². The number of esters is 1. The smallest absolute Gasteiger partial charge is 0.309 e. The van der Waals surface area contributed by atoms with Crippen LogP contribution in [-0.4, -0.2) is 12.1 Å². The van der Waals surface area contributed by atoms with Gasteiger partial charge in [-0.05, 0) is 31.7 Å². The molecule has 94 valence electrons. The van der Waals surface area contributed by atoms with Gasteiger partial charge in [0, 0.05) is 0 Å². The first-order valence-corrected chi connectivity index (χ1v) is 6.25. The van der Waals surface area contributed by atoms with Crippen LogP contribution in [0.5, 0.6) is 0 Å². The molecule has 1 aromatic carbocycles. The van der Waals surface area contributed by atoms with Crippen LogP contribution < -0.4 is 0 Å². The molecule has 17 heavy (non-hydrogen) atoms. The van der Waals surface area contributed by atoms with Gasteiger partial charge in [0.25, 0.3) is 0 Å². The number of carbonyl (C=O) groups excluding carboxylic acids is 1. The fourth-order valence-electron chi connectivity index (χ4n) is 1.78. The van der Waals surface area contributed by atoms with Crippen molar-refractivity contribution in [2.24, 2.45) is 11.8 Å². The molecular formula is C15H22O2. The highest BCUT2D eigenvalue weighted by Gasteiger charge is 2.24. The second kappa shape index (κ2) is 6.43. The second-order valence-corrected chi connectivity index (χ2v) is 5.03. The molecule has 0 radical (unpaired) electrons. The second-order valence-electron chi connectivity index (χ2n) is 5.03. The Hall–Kier alpha value is -1.31. The van der Waals surface area contributed by atoms with Gasteiger partial charge in [-0.2, -0.15) is 0 Å². The van der Waals surface area contributed by atoms with Crippen molar-refractivity contribution in [2.75, 3.05) is 0 Å². The summed E-state index contributed by atoms with van der Waals surface area (Å²) in [6.45, 7) is 7.90. The highest BCUT2D eigenvalue weighted by atomic mass is 16.5. The molecule has 0 saturated heterocycles. The Kier molecular flexibility index (Phi) is 5.20. The molecule has 0 bridgehead atoms. The number of rotatable bonds is 5. The van der Waals surface area contributed by atoms with E-state index in [1.807, 2.05) is 32.0 Å². The maximum atomic E-state index is 12.0. The fraction of sp³-hybridized carbons (Fsp3) is 0.533. The van der Waals surface area contributed by atoms with Gasteiger partial charge in [-0.15, -0.1) is 0 Å². The minimum absolute atomic E-state index is 0.0421. The lowest BCUT2D eigenvalue weighted by molar-refractivity contribution is -0.153. The van der Waals surface area contributed by atoms with Crippen LogP contribution in [0.2, 0.25) is 0 Å². The Morgan fingerprint density at radius 1 is 1.12 bits per heavy atom. The number of carbonyl (C=O) groups is 1. The van der Waals surface area contributed by atoms with Gasteiger partial charge in [-0.1, -0.05) is 44.2 Å². The van der Waals surface area contributed by atoms with E-state index >= 15 is 0 Å². The molecular weight excluding hydrogens is 212 g/mol. The molecule has 0 aliphatic heterocycles. The van der Waals surface area contributed by atoms with Crippen molar-refractivity contribution in [1.82, 2.24) is 0 Å². The summed E-state index contributed by atoms with van der Waals surface area (Å²) in [5, 5.41) is 0. The first-order chi connectivity index (χ1) is 8.00. The molecule has 2 heteroatoms. The third-order valence-electron chi connectivity index (χ3n) is 2.76. The van der Waals surface area contributed by atoms with Crippen LogP contribution >= 0.6 is 0 Å². The zero-order valence-electron chi connectivity index (χ0n) is 11.1. The first kappa shape index (κ1) is 13.8. The summed E-state index contributed by atoms with van der Waals surface area (Å²) in [5.74, 6) is 0.153. The lowest BCUT2D eigenvalue weighted by Crippen LogP contribution is -2.27. The molecule has 0 spiro atoms. The molecule has 0 aromatic heterocycles. The van der Waals surface area contributed by atoms with Gasteiger partial charge < -0.3 is 4.74 Å². The summed E-state index contributed by atoms with van der Waals surface area (Å²) in [6.07, 6.45) is 0.712. The van der Waals surface area contributed by atoms with Crippen molar-refractivity contribution >= 4 is 5.97 Å². The molecule has 1 atom stereocenters. The van der Waals surface area contributed by atoms with Crippen molar-refractivity contribution in [3.8, 4) is 0 Å². The van der Waals surface area contributed by atoms with Crippen LogP contribution in [0.1, 0.15) is 33.3 Å². The summed E-state index contributed by atoms with van der Waals surface area (Å²) in [7, 11) is 0. The van der Waals surface area contributed by atoms with Gasteiger partial charge in [-0.3, -0.25) is 4.79 Å². The van der Waals surface area contributed by atoms with Crippen molar-refractivity contribution in [3.05, 3.63) is 35.9 Å². The normalized spacial score (nSPS) is 12.8. The van der Waals surface area contributed by atoms with E-state index in [0.29, 0.717) is 5.92 Å². The third-order valence-corrected chi connectivity index (χ3v) is 2.76. The van der Waals surface area contributed by atoms with Gasteiger partial charge in [-0.25, -0.2) is 0 Å². The van der Waals surface area contributed by atoms with Crippen molar-refractivity contribution in [2.45, 2.75) is 40.2 Å². The Morgan fingerprint density at radius 2 is 1.71 bits per heavy atom. The van der Waals surface area contributed by atoms with Crippen LogP contribution in [0.15, 0.2) is 30.3 Å². The number of hydrogen-bond acceptors (Lipinski definition) is 2. The van der Waals surface area contributed by atoms with Gasteiger partial charge in [0.1, 0.15) is 0 Å². The zero-order valence-corrected chi connectivity index (χ0v) is 11.1. The van der Waals surface area contributed by atoms with Crippen LogP contribution in [0.3, 0.4) is 0 Å². The van der Waals surface area contributed by atoms with E-state index < -0.39 is 0 Å². The summed E-state index contributed by atoms with van der Waals surface area (Å²) in [6, 6.07) is 10.1. The highest BCUT2D eigenvalue weighted by Crippen LogP contribution is 2.19. The van der Waals surface area contributed by atoms with E-state index in [1.54, 1.807) is 0 Å². The number of benzene rings is 1. The van der Waals surface area contributed by atoms with Gasteiger partial charge in [0.15, 0.2) is 0 Å². The quantitative estimate of drug-likeness (QED) is 0.729. The minimum Gasteiger partial charge on any atom is -0.463 e. The molecule has 1 aromatic rings. The van der Waals surface area contributed by atoms with E-state index in [4.69, 9.17) is 4.74 Å². The van der Waals surface area contributed by atoms with Crippen LogP contribution in [0.4, 0.5) is 0 Å². The molecule has 0 aliphatic rings. The van der Waals surface area contributed by atoms with Crippen LogP contribution in [0, 0.1) is 11.8 Å². The lowest BCUT2D eigenvalue weighted by atomic mass is 9.89.